The zero-order valence-corrected chi connectivity index (χ0v) is 16.6. The van der Waals surface area contributed by atoms with Crippen molar-refractivity contribution in [1.29, 1.82) is 0 Å². The number of aromatic nitrogens is 1. The van der Waals surface area contributed by atoms with Gasteiger partial charge < -0.3 is 15.8 Å². The molecule has 1 amide bonds. The number of ether oxygens (including phenoxy) is 1. The lowest BCUT2D eigenvalue weighted by Gasteiger charge is -2.26. The molecular formula is C17H24ClN3O2S2. The predicted octanol–water partition coefficient (Wildman–Crippen LogP) is 3.01. The zero-order valence-electron chi connectivity index (χ0n) is 14.2. The zero-order chi connectivity index (χ0) is 16.9. The number of carbonyl (C=O) groups is 1. The van der Waals surface area contributed by atoms with E-state index in [0.29, 0.717) is 19.8 Å². The molecule has 2 aromatic rings. The molecule has 25 heavy (non-hydrogen) atoms. The van der Waals surface area contributed by atoms with Gasteiger partial charge in [0, 0.05) is 30.0 Å². The first-order valence-corrected chi connectivity index (χ1v) is 9.95. The number of nitrogens with two attached hydrogens (primary N) is 1. The molecular weight excluding hydrogens is 378 g/mol. The third kappa shape index (κ3) is 5.49. The van der Waals surface area contributed by atoms with Gasteiger partial charge in [0.1, 0.15) is 0 Å². The lowest BCUT2D eigenvalue weighted by molar-refractivity contribution is -0.124. The van der Waals surface area contributed by atoms with Gasteiger partial charge in [-0.3, -0.25) is 4.79 Å². The number of nitrogens with zero attached hydrogens (tertiary/aromatic N) is 1. The summed E-state index contributed by atoms with van der Waals surface area (Å²) in [6.45, 7) is 4.05. The van der Waals surface area contributed by atoms with Gasteiger partial charge in [0.15, 0.2) is 0 Å². The van der Waals surface area contributed by atoms with Crippen molar-refractivity contribution in [1.82, 2.24) is 10.3 Å². The van der Waals surface area contributed by atoms with Crippen LogP contribution in [0.15, 0.2) is 17.5 Å². The summed E-state index contributed by atoms with van der Waals surface area (Å²) in [4.78, 5) is 19.1. The lowest BCUT2D eigenvalue weighted by Crippen LogP contribution is -2.47. The van der Waals surface area contributed by atoms with Gasteiger partial charge >= 0.3 is 0 Å². The smallest absolute Gasteiger partial charge is 0.237 e. The molecule has 1 aliphatic heterocycles. The van der Waals surface area contributed by atoms with Crippen LogP contribution in [-0.2, 0) is 16.0 Å². The molecule has 3 N–H and O–H groups in total. The molecule has 3 heterocycles. The molecule has 0 aliphatic carbocycles. The maximum atomic E-state index is 12.2. The second-order valence-corrected chi connectivity index (χ2v) is 8.26. The van der Waals surface area contributed by atoms with Crippen molar-refractivity contribution in [3.63, 3.8) is 0 Å². The van der Waals surface area contributed by atoms with Gasteiger partial charge in [-0.25, -0.2) is 4.98 Å². The first-order valence-electron chi connectivity index (χ1n) is 8.26. The third-order valence-electron chi connectivity index (χ3n) is 4.28. The summed E-state index contributed by atoms with van der Waals surface area (Å²) in [7, 11) is 0. The van der Waals surface area contributed by atoms with E-state index in [1.807, 2.05) is 6.92 Å². The number of nitrogens with one attached hydrogen (secondary N) is 1. The Morgan fingerprint density at radius 2 is 2.20 bits per heavy atom. The molecule has 8 heteroatoms. The molecule has 0 saturated carbocycles. The predicted molar refractivity (Wildman–Crippen MR) is 106 cm³/mol. The second kappa shape index (κ2) is 9.64. The van der Waals surface area contributed by atoms with Crippen molar-refractivity contribution in [2.75, 3.05) is 19.8 Å². The topological polar surface area (TPSA) is 77.2 Å². The van der Waals surface area contributed by atoms with Crippen LogP contribution in [0.25, 0.3) is 10.6 Å². The molecule has 0 aromatic carbocycles. The second-order valence-electron chi connectivity index (χ2n) is 6.03. The first-order chi connectivity index (χ1) is 11.6. The largest absolute Gasteiger partial charge is 0.381 e. The van der Waals surface area contributed by atoms with Gasteiger partial charge in [0.05, 0.1) is 21.6 Å². The highest BCUT2D eigenvalue weighted by Crippen LogP contribution is 2.29. The Hall–Kier alpha value is -0.990. The van der Waals surface area contributed by atoms with E-state index in [1.165, 1.54) is 9.75 Å². The van der Waals surface area contributed by atoms with E-state index < -0.39 is 6.04 Å². The molecule has 2 aromatic heterocycles. The average Bonchev–Trinajstić information content (AvgIpc) is 3.24. The highest BCUT2D eigenvalue weighted by molar-refractivity contribution is 7.16. The molecule has 0 bridgehead atoms. The molecule has 1 aliphatic rings. The monoisotopic (exact) mass is 401 g/mol. The summed E-state index contributed by atoms with van der Waals surface area (Å²) in [5.41, 5.74) is 7.12. The lowest BCUT2D eigenvalue weighted by atomic mass is 9.92. The summed E-state index contributed by atoms with van der Waals surface area (Å²) in [5, 5.41) is 6.13. The Morgan fingerprint density at radius 1 is 1.44 bits per heavy atom. The van der Waals surface area contributed by atoms with Crippen molar-refractivity contribution in [3.8, 4) is 10.6 Å². The molecule has 1 unspecified atom stereocenters. The number of amides is 1. The molecule has 3 rings (SSSR count). The van der Waals surface area contributed by atoms with Gasteiger partial charge in [-0.2, -0.15) is 0 Å². The number of rotatable bonds is 6. The minimum Gasteiger partial charge on any atom is -0.381 e. The minimum absolute atomic E-state index is 0. The Bertz CT molecular complexity index is 683. The van der Waals surface area contributed by atoms with E-state index in [1.54, 1.807) is 22.7 Å². The quantitative estimate of drug-likeness (QED) is 0.779. The van der Waals surface area contributed by atoms with Crippen LogP contribution in [0.2, 0.25) is 0 Å². The SMILES string of the molecule is Cc1nc(-c2ccc(CCNC(=O)C(N)C3CCOCC3)s2)cs1.Cl. The summed E-state index contributed by atoms with van der Waals surface area (Å²) in [5.74, 6) is 0.189. The normalized spacial score (nSPS) is 16.2. The maximum Gasteiger partial charge on any atom is 0.237 e. The third-order valence-corrected chi connectivity index (χ3v) is 6.22. The van der Waals surface area contributed by atoms with Crippen LogP contribution >= 0.6 is 35.1 Å². The van der Waals surface area contributed by atoms with Gasteiger partial charge in [0.2, 0.25) is 5.91 Å². The van der Waals surface area contributed by atoms with Crippen LogP contribution in [0.4, 0.5) is 0 Å². The van der Waals surface area contributed by atoms with Crippen LogP contribution in [0, 0.1) is 12.8 Å². The molecule has 138 valence electrons. The molecule has 5 nitrogen and oxygen atoms in total. The summed E-state index contributed by atoms with van der Waals surface area (Å²) < 4.78 is 5.32. The van der Waals surface area contributed by atoms with Crippen LogP contribution in [-0.4, -0.2) is 36.7 Å². The minimum atomic E-state index is -0.425. The van der Waals surface area contributed by atoms with Gasteiger partial charge in [-0.15, -0.1) is 35.1 Å². The van der Waals surface area contributed by atoms with E-state index in [9.17, 15) is 4.79 Å². The number of carbonyl (C=O) groups excluding carboxylic acids is 1. The van der Waals surface area contributed by atoms with Crippen LogP contribution in [0.5, 0.6) is 0 Å². The fourth-order valence-corrected chi connectivity index (χ4v) is 4.50. The van der Waals surface area contributed by atoms with E-state index in [4.69, 9.17) is 10.5 Å². The Labute approximate surface area is 162 Å². The summed E-state index contributed by atoms with van der Waals surface area (Å²) >= 11 is 3.40. The van der Waals surface area contributed by atoms with E-state index in [-0.39, 0.29) is 24.2 Å². The summed E-state index contributed by atoms with van der Waals surface area (Å²) in [6, 6.07) is 3.79. The molecule has 1 atom stereocenters. The van der Waals surface area contributed by atoms with Gasteiger partial charge in [0.25, 0.3) is 0 Å². The fourth-order valence-electron chi connectivity index (χ4n) is 2.84. The summed E-state index contributed by atoms with van der Waals surface area (Å²) in [6.07, 6.45) is 2.56. The van der Waals surface area contributed by atoms with Gasteiger partial charge in [-0.05, 0) is 44.2 Å². The highest BCUT2D eigenvalue weighted by atomic mass is 35.5. The average molecular weight is 402 g/mol. The van der Waals surface area contributed by atoms with Crippen molar-refractivity contribution >= 4 is 41.0 Å². The maximum absolute atomic E-state index is 12.2. The number of hydrogen-bond donors (Lipinski definition) is 2. The Balaban J connectivity index is 0.00000225. The standard InChI is InChI=1S/C17H23N3O2S2.ClH/c1-11-20-14(10-23-11)15-3-2-13(24-15)4-7-19-17(21)16(18)12-5-8-22-9-6-12;/h2-3,10,12,16H,4-9,18H2,1H3,(H,19,21);1H. The van der Waals surface area contributed by atoms with Crippen LogP contribution < -0.4 is 11.1 Å². The van der Waals surface area contributed by atoms with E-state index in [0.717, 1.165) is 30.0 Å². The molecule has 1 saturated heterocycles. The first kappa shape index (κ1) is 20.3. The Kier molecular flexibility index (Phi) is 7.83. The van der Waals surface area contributed by atoms with Crippen molar-refractivity contribution in [3.05, 3.63) is 27.4 Å². The number of aryl methyl sites for hydroxylation is 1. The number of thiazole rings is 1. The Morgan fingerprint density at radius 3 is 2.88 bits per heavy atom. The molecule has 0 spiro atoms. The van der Waals surface area contributed by atoms with E-state index in [2.05, 4.69) is 27.8 Å². The number of halogens is 1. The fraction of sp³-hybridized carbons (Fsp3) is 0.529. The van der Waals surface area contributed by atoms with Crippen LogP contribution in [0.3, 0.4) is 0 Å². The van der Waals surface area contributed by atoms with Crippen molar-refractivity contribution < 1.29 is 9.53 Å². The van der Waals surface area contributed by atoms with Gasteiger partial charge in [-0.1, -0.05) is 0 Å². The highest BCUT2D eigenvalue weighted by Gasteiger charge is 2.26. The number of hydrogen-bond acceptors (Lipinski definition) is 6. The van der Waals surface area contributed by atoms with Crippen molar-refractivity contribution in [2.45, 2.75) is 32.2 Å². The van der Waals surface area contributed by atoms with Crippen molar-refractivity contribution in [2.24, 2.45) is 11.7 Å². The molecule has 1 fully saturated rings. The van der Waals surface area contributed by atoms with Crippen LogP contribution in [0.1, 0.15) is 22.7 Å². The van der Waals surface area contributed by atoms with E-state index >= 15 is 0 Å². The molecule has 0 radical (unpaired) electrons. The number of thiophene rings is 1.